The van der Waals surface area contributed by atoms with Gasteiger partial charge in [-0.25, -0.2) is 0 Å². The van der Waals surface area contributed by atoms with Crippen molar-refractivity contribution in [1.82, 2.24) is 5.32 Å². The van der Waals surface area contributed by atoms with Gasteiger partial charge >= 0.3 is 0 Å². The zero-order valence-electron chi connectivity index (χ0n) is 10.1. The van der Waals surface area contributed by atoms with Crippen LogP contribution in [-0.4, -0.2) is 31.4 Å². The zero-order chi connectivity index (χ0) is 11.8. The number of aliphatic hydroxyl groups excluding tert-OH is 1. The lowest BCUT2D eigenvalue weighted by Crippen LogP contribution is -2.21. The Morgan fingerprint density at radius 1 is 1.19 bits per heavy atom. The number of benzene rings is 1. The minimum absolute atomic E-state index is 0.192. The van der Waals surface area contributed by atoms with Gasteiger partial charge in [0, 0.05) is 6.54 Å². The maximum Gasteiger partial charge on any atom is 0.125 e. The van der Waals surface area contributed by atoms with Crippen LogP contribution in [0.4, 0.5) is 0 Å². The SMILES string of the molecule is Cc1cccc(C)c1OCCCNCCO. The van der Waals surface area contributed by atoms with Crippen molar-refractivity contribution in [3.05, 3.63) is 29.3 Å². The van der Waals surface area contributed by atoms with Crippen LogP contribution in [-0.2, 0) is 0 Å². The van der Waals surface area contributed by atoms with Crippen LogP contribution < -0.4 is 10.1 Å². The van der Waals surface area contributed by atoms with Gasteiger partial charge in [0.05, 0.1) is 13.2 Å². The summed E-state index contributed by atoms with van der Waals surface area (Å²) in [6.07, 6.45) is 0.952. The number of hydrogen-bond donors (Lipinski definition) is 2. The lowest BCUT2D eigenvalue weighted by atomic mass is 10.1. The molecule has 90 valence electrons. The molecule has 3 nitrogen and oxygen atoms in total. The largest absolute Gasteiger partial charge is 0.493 e. The molecule has 0 spiro atoms. The Hall–Kier alpha value is -1.06. The van der Waals surface area contributed by atoms with Crippen molar-refractivity contribution < 1.29 is 9.84 Å². The fourth-order valence-electron chi connectivity index (χ4n) is 1.60. The van der Waals surface area contributed by atoms with Crippen molar-refractivity contribution in [3.8, 4) is 5.75 Å². The Kier molecular flexibility index (Phi) is 5.90. The molecule has 0 atom stereocenters. The van der Waals surface area contributed by atoms with E-state index >= 15 is 0 Å². The van der Waals surface area contributed by atoms with Gasteiger partial charge in [-0.15, -0.1) is 0 Å². The van der Waals surface area contributed by atoms with Gasteiger partial charge in [-0.3, -0.25) is 0 Å². The van der Waals surface area contributed by atoms with Crippen LogP contribution in [0.1, 0.15) is 17.5 Å². The fourth-order valence-corrected chi connectivity index (χ4v) is 1.60. The second-order valence-electron chi connectivity index (χ2n) is 3.90. The number of aliphatic hydroxyl groups is 1. The molecule has 0 aromatic heterocycles. The molecule has 0 amide bonds. The zero-order valence-corrected chi connectivity index (χ0v) is 10.1. The molecule has 0 bridgehead atoms. The third kappa shape index (κ3) is 4.21. The molecule has 0 unspecified atom stereocenters. The highest BCUT2D eigenvalue weighted by Crippen LogP contribution is 2.22. The summed E-state index contributed by atoms with van der Waals surface area (Å²) in [4.78, 5) is 0. The molecule has 0 aliphatic carbocycles. The standard InChI is InChI=1S/C13H21NO2/c1-11-5-3-6-12(2)13(11)16-10-4-7-14-8-9-15/h3,5-6,14-15H,4,7-10H2,1-2H3. The van der Waals surface area contributed by atoms with E-state index in [1.807, 2.05) is 6.07 Å². The Morgan fingerprint density at radius 2 is 1.88 bits per heavy atom. The maximum atomic E-state index is 8.58. The Morgan fingerprint density at radius 3 is 2.50 bits per heavy atom. The molecule has 0 aliphatic rings. The van der Waals surface area contributed by atoms with E-state index in [1.165, 1.54) is 11.1 Å². The first-order chi connectivity index (χ1) is 7.75. The van der Waals surface area contributed by atoms with Gasteiger partial charge in [-0.2, -0.15) is 0 Å². The fraction of sp³-hybridized carbons (Fsp3) is 0.538. The first kappa shape index (κ1) is 13.0. The Labute approximate surface area is 97.4 Å². The topological polar surface area (TPSA) is 41.5 Å². The maximum absolute atomic E-state index is 8.58. The normalized spacial score (nSPS) is 10.4. The quantitative estimate of drug-likeness (QED) is 0.691. The molecular weight excluding hydrogens is 202 g/mol. The van der Waals surface area contributed by atoms with Crippen LogP contribution in [0.3, 0.4) is 0 Å². The summed E-state index contributed by atoms with van der Waals surface area (Å²) in [5.74, 6) is 1.00. The summed E-state index contributed by atoms with van der Waals surface area (Å²) >= 11 is 0. The van der Waals surface area contributed by atoms with Crippen LogP contribution in [0.15, 0.2) is 18.2 Å². The van der Waals surface area contributed by atoms with Crippen molar-refractivity contribution in [2.75, 3.05) is 26.3 Å². The molecule has 2 N–H and O–H groups in total. The second-order valence-corrected chi connectivity index (χ2v) is 3.90. The number of aryl methyl sites for hydroxylation is 2. The predicted octanol–water partition coefficient (Wildman–Crippen LogP) is 1.65. The van der Waals surface area contributed by atoms with Crippen molar-refractivity contribution >= 4 is 0 Å². The summed E-state index contributed by atoms with van der Waals surface area (Å²) in [6.45, 7) is 6.56. The number of nitrogens with one attached hydrogen (secondary N) is 1. The first-order valence-electron chi connectivity index (χ1n) is 5.76. The van der Waals surface area contributed by atoms with E-state index in [2.05, 4.69) is 31.3 Å². The minimum Gasteiger partial charge on any atom is -0.493 e. The van der Waals surface area contributed by atoms with Crippen LogP contribution in [0.2, 0.25) is 0 Å². The lowest BCUT2D eigenvalue weighted by molar-refractivity contribution is 0.281. The van der Waals surface area contributed by atoms with Gasteiger partial charge in [0.25, 0.3) is 0 Å². The van der Waals surface area contributed by atoms with Gasteiger partial charge in [0.1, 0.15) is 5.75 Å². The molecule has 0 heterocycles. The van der Waals surface area contributed by atoms with Crippen LogP contribution >= 0.6 is 0 Å². The summed E-state index contributed by atoms with van der Waals surface area (Å²) in [5.41, 5.74) is 2.37. The summed E-state index contributed by atoms with van der Waals surface area (Å²) in [7, 11) is 0. The molecule has 0 saturated carbocycles. The van der Waals surface area contributed by atoms with Gasteiger partial charge in [-0.1, -0.05) is 18.2 Å². The molecule has 3 heteroatoms. The van der Waals surface area contributed by atoms with Crippen LogP contribution in [0.25, 0.3) is 0 Å². The van der Waals surface area contributed by atoms with E-state index in [0.29, 0.717) is 13.2 Å². The lowest BCUT2D eigenvalue weighted by Gasteiger charge is -2.11. The molecular formula is C13H21NO2. The average molecular weight is 223 g/mol. The van der Waals surface area contributed by atoms with Crippen molar-refractivity contribution in [2.45, 2.75) is 20.3 Å². The number of rotatable bonds is 7. The molecule has 0 saturated heterocycles. The average Bonchev–Trinajstić information content (AvgIpc) is 2.26. The molecule has 0 radical (unpaired) electrons. The predicted molar refractivity (Wildman–Crippen MR) is 66.0 cm³/mol. The highest BCUT2D eigenvalue weighted by Gasteiger charge is 2.01. The third-order valence-corrected chi connectivity index (χ3v) is 2.44. The van der Waals surface area contributed by atoms with E-state index < -0.39 is 0 Å². The Balaban J connectivity index is 2.26. The molecule has 1 aromatic rings. The highest BCUT2D eigenvalue weighted by atomic mass is 16.5. The number of ether oxygens (including phenoxy) is 1. The van der Waals surface area contributed by atoms with E-state index in [0.717, 1.165) is 18.7 Å². The van der Waals surface area contributed by atoms with Crippen molar-refractivity contribution in [3.63, 3.8) is 0 Å². The molecule has 1 aromatic carbocycles. The molecule has 16 heavy (non-hydrogen) atoms. The van der Waals surface area contributed by atoms with E-state index in [9.17, 15) is 0 Å². The summed E-state index contributed by atoms with van der Waals surface area (Å²) < 4.78 is 5.75. The van der Waals surface area contributed by atoms with E-state index in [4.69, 9.17) is 9.84 Å². The first-order valence-corrected chi connectivity index (χ1v) is 5.76. The van der Waals surface area contributed by atoms with Crippen LogP contribution in [0.5, 0.6) is 5.75 Å². The summed E-state index contributed by atoms with van der Waals surface area (Å²) in [5, 5.41) is 11.7. The minimum atomic E-state index is 0.192. The monoisotopic (exact) mass is 223 g/mol. The van der Waals surface area contributed by atoms with Crippen molar-refractivity contribution in [2.24, 2.45) is 0 Å². The molecule has 1 rings (SSSR count). The number of hydrogen-bond acceptors (Lipinski definition) is 3. The van der Waals surface area contributed by atoms with Crippen molar-refractivity contribution in [1.29, 1.82) is 0 Å². The number of para-hydroxylation sites is 1. The molecule has 0 aliphatic heterocycles. The van der Waals surface area contributed by atoms with Gasteiger partial charge < -0.3 is 15.2 Å². The van der Waals surface area contributed by atoms with Gasteiger partial charge in [0.2, 0.25) is 0 Å². The van der Waals surface area contributed by atoms with Gasteiger partial charge in [0.15, 0.2) is 0 Å². The Bertz CT molecular complexity index is 293. The smallest absolute Gasteiger partial charge is 0.125 e. The van der Waals surface area contributed by atoms with E-state index in [-0.39, 0.29) is 6.61 Å². The van der Waals surface area contributed by atoms with Crippen LogP contribution in [0, 0.1) is 13.8 Å². The van der Waals surface area contributed by atoms with E-state index in [1.54, 1.807) is 0 Å². The highest BCUT2D eigenvalue weighted by molar-refractivity contribution is 5.39. The summed E-state index contributed by atoms with van der Waals surface area (Å²) in [6, 6.07) is 6.17. The molecule has 0 fully saturated rings. The second kappa shape index (κ2) is 7.25. The third-order valence-electron chi connectivity index (χ3n) is 2.44. The van der Waals surface area contributed by atoms with Gasteiger partial charge in [-0.05, 0) is 37.9 Å².